The van der Waals surface area contributed by atoms with E-state index in [0.717, 1.165) is 11.1 Å². The van der Waals surface area contributed by atoms with Crippen molar-refractivity contribution in [2.24, 2.45) is 0 Å². The fourth-order valence-corrected chi connectivity index (χ4v) is 2.20. The fraction of sp³-hybridized carbons (Fsp3) is 0.222. The van der Waals surface area contributed by atoms with Gasteiger partial charge >= 0.3 is 0 Å². The average molecular weight is 312 g/mol. The van der Waals surface area contributed by atoms with Crippen LogP contribution in [0.4, 0.5) is 11.4 Å². The Hall–Kier alpha value is -2.82. The third-order valence-electron chi connectivity index (χ3n) is 3.05. The van der Waals surface area contributed by atoms with Gasteiger partial charge in [0.2, 0.25) is 5.91 Å². The minimum Gasteiger partial charge on any atom is -0.484 e. The van der Waals surface area contributed by atoms with Crippen molar-refractivity contribution in [1.29, 1.82) is 0 Å². The molecule has 0 unspecified atom stereocenters. The Morgan fingerprint density at radius 2 is 1.43 bits per heavy atom. The zero-order valence-electron chi connectivity index (χ0n) is 13.5. The van der Waals surface area contributed by atoms with Crippen LogP contribution in [0.5, 0.6) is 5.75 Å². The van der Waals surface area contributed by atoms with Crippen molar-refractivity contribution in [2.75, 3.05) is 17.2 Å². The molecule has 0 saturated heterocycles. The summed E-state index contributed by atoms with van der Waals surface area (Å²) in [4.78, 5) is 22.9. The summed E-state index contributed by atoms with van der Waals surface area (Å²) in [6, 6.07) is 12.7. The van der Waals surface area contributed by atoms with Crippen molar-refractivity contribution in [3.63, 3.8) is 0 Å². The van der Waals surface area contributed by atoms with Crippen LogP contribution in [0.2, 0.25) is 0 Å². The Morgan fingerprint density at radius 1 is 0.913 bits per heavy atom. The van der Waals surface area contributed by atoms with Crippen molar-refractivity contribution >= 4 is 23.2 Å². The third-order valence-corrected chi connectivity index (χ3v) is 3.05. The Labute approximate surface area is 135 Å². The number of carbonyl (C=O) groups excluding carboxylic acids is 2. The number of anilines is 2. The molecule has 2 aromatic rings. The lowest BCUT2D eigenvalue weighted by Gasteiger charge is -2.09. The molecular formula is C18H20N2O3. The van der Waals surface area contributed by atoms with E-state index in [2.05, 4.69) is 10.6 Å². The van der Waals surface area contributed by atoms with E-state index in [4.69, 9.17) is 4.74 Å². The lowest BCUT2D eigenvalue weighted by Crippen LogP contribution is -2.20. The molecule has 5 heteroatoms. The highest BCUT2D eigenvalue weighted by atomic mass is 16.5. The summed E-state index contributed by atoms with van der Waals surface area (Å²) < 4.78 is 5.51. The molecule has 120 valence electrons. The summed E-state index contributed by atoms with van der Waals surface area (Å²) in [6.45, 7) is 5.35. The zero-order valence-corrected chi connectivity index (χ0v) is 13.5. The second-order valence-electron chi connectivity index (χ2n) is 5.42. The van der Waals surface area contributed by atoms with Gasteiger partial charge in [-0.05, 0) is 61.4 Å². The monoisotopic (exact) mass is 312 g/mol. The molecule has 0 heterocycles. The van der Waals surface area contributed by atoms with E-state index < -0.39 is 0 Å². The van der Waals surface area contributed by atoms with Crippen molar-refractivity contribution in [1.82, 2.24) is 0 Å². The molecule has 23 heavy (non-hydrogen) atoms. The van der Waals surface area contributed by atoms with Gasteiger partial charge in [0.15, 0.2) is 6.61 Å². The van der Waals surface area contributed by atoms with Crippen LogP contribution in [0.1, 0.15) is 18.1 Å². The molecule has 2 aromatic carbocycles. The Morgan fingerprint density at radius 3 is 1.96 bits per heavy atom. The van der Waals surface area contributed by atoms with E-state index in [1.807, 2.05) is 32.0 Å². The van der Waals surface area contributed by atoms with Gasteiger partial charge in [0.1, 0.15) is 5.75 Å². The molecule has 0 aliphatic carbocycles. The highest BCUT2D eigenvalue weighted by Gasteiger charge is 2.05. The number of ether oxygens (including phenoxy) is 1. The predicted octanol–water partition coefficient (Wildman–Crippen LogP) is 3.28. The highest BCUT2D eigenvalue weighted by molar-refractivity contribution is 5.93. The normalized spacial score (nSPS) is 10.0. The smallest absolute Gasteiger partial charge is 0.262 e. The summed E-state index contributed by atoms with van der Waals surface area (Å²) >= 11 is 0. The van der Waals surface area contributed by atoms with E-state index in [0.29, 0.717) is 17.1 Å². The minimum absolute atomic E-state index is 0.0592. The summed E-state index contributed by atoms with van der Waals surface area (Å²) in [5.41, 5.74) is 3.51. The molecule has 0 aliphatic rings. The summed E-state index contributed by atoms with van der Waals surface area (Å²) in [5, 5.41) is 5.41. The highest BCUT2D eigenvalue weighted by Crippen LogP contribution is 2.17. The molecule has 0 aliphatic heterocycles. The van der Waals surface area contributed by atoms with Crippen LogP contribution in [0.15, 0.2) is 42.5 Å². The molecule has 2 amide bonds. The van der Waals surface area contributed by atoms with Crippen molar-refractivity contribution < 1.29 is 14.3 Å². The zero-order chi connectivity index (χ0) is 16.8. The van der Waals surface area contributed by atoms with Gasteiger partial charge in [0.25, 0.3) is 5.91 Å². The van der Waals surface area contributed by atoms with Crippen LogP contribution in [0.3, 0.4) is 0 Å². The van der Waals surface area contributed by atoms with Gasteiger partial charge in [-0.1, -0.05) is 6.07 Å². The Bertz CT molecular complexity index is 688. The van der Waals surface area contributed by atoms with E-state index in [1.54, 1.807) is 24.3 Å². The number of nitrogens with one attached hydrogen (secondary N) is 2. The van der Waals surface area contributed by atoms with Crippen LogP contribution in [0, 0.1) is 13.8 Å². The largest absolute Gasteiger partial charge is 0.484 e. The topological polar surface area (TPSA) is 67.4 Å². The lowest BCUT2D eigenvalue weighted by molar-refractivity contribution is -0.118. The number of carbonyl (C=O) groups is 2. The van der Waals surface area contributed by atoms with Gasteiger partial charge in [-0.25, -0.2) is 0 Å². The molecule has 0 aromatic heterocycles. The molecular weight excluding hydrogens is 292 g/mol. The predicted molar refractivity (Wildman–Crippen MR) is 90.8 cm³/mol. The molecule has 0 fully saturated rings. The molecule has 0 bridgehead atoms. The summed E-state index contributed by atoms with van der Waals surface area (Å²) in [5.74, 6) is 0.304. The minimum atomic E-state index is -0.239. The van der Waals surface area contributed by atoms with Crippen LogP contribution in [0.25, 0.3) is 0 Å². The van der Waals surface area contributed by atoms with E-state index in [9.17, 15) is 9.59 Å². The van der Waals surface area contributed by atoms with Gasteiger partial charge in [-0.3, -0.25) is 9.59 Å². The first kappa shape index (κ1) is 16.5. The van der Waals surface area contributed by atoms with Crippen LogP contribution in [-0.2, 0) is 9.59 Å². The molecule has 0 atom stereocenters. The average Bonchev–Trinajstić information content (AvgIpc) is 2.46. The maximum Gasteiger partial charge on any atom is 0.262 e. The van der Waals surface area contributed by atoms with Crippen molar-refractivity contribution in [3.05, 3.63) is 53.6 Å². The molecule has 0 spiro atoms. The first-order valence-electron chi connectivity index (χ1n) is 7.31. The second-order valence-corrected chi connectivity index (χ2v) is 5.42. The summed E-state index contributed by atoms with van der Waals surface area (Å²) in [6.07, 6.45) is 0. The molecule has 0 saturated carbocycles. The van der Waals surface area contributed by atoms with E-state index >= 15 is 0 Å². The van der Waals surface area contributed by atoms with Gasteiger partial charge in [0, 0.05) is 18.3 Å². The number of benzene rings is 2. The number of hydrogen-bond donors (Lipinski definition) is 2. The maximum absolute atomic E-state index is 11.9. The van der Waals surface area contributed by atoms with Crippen LogP contribution >= 0.6 is 0 Å². The van der Waals surface area contributed by atoms with E-state index in [1.165, 1.54) is 6.92 Å². The number of hydrogen-bond acceptors (Lipinski definition) is 3. The first-order chi connectivity index (χ1) is 10.9. The SMILES string of the molecule is CC(=O)Nc1ccc(NC(=O)COc2cc(C)cc(C)c2)cc1. The maximum atomic E-state index is 11.9. The molecule has 2 rings (SSSR count). The van der Waals surface area contributed by atoms with E-state index in [-0.39, 0.29) is 18.4 Å². The van der Waals surface area contributed by atoms with Gasteiger partial charge in [0.05, 0.1) is 0 Å². The third kappa shape index (κ3) is 5.47. The number of amides is 2. The van der Waals surface area contributed by atoms with Crippen molar-refractivity contribution in [2.45, 2.75) is 20.8 Å². The first-order valence-corrected chi connectivity index (χ1v) is 7.31. The van der Waals surface area contributed by atoms with Crippen LogP contribution in [-0.4, -0.2) is 18.4 Å². The summed E-state index contributed by atoms with van der Waals surface area (Å²) in [7, 11) is 0. The molecule has 0 radical (unpaired) electrons. The van der Waals surface area contributed by atoms with Gasteiger partial charge in [-0.2, -0.15) is 0 Å². The Balaban J connectivity index is 1.88. The number of rotatable bonds is 5. The molecule has 2 N–H and O–H groups in total. The second kappa shape index (κ2) is 7.45. The van der Waals surface area contributed by atoms with Gasteiger partial charge in [-0.15, -0.1) is 0 Å². The fourth-order valence-electron chi connectivity index (χ4n) is 2.20. The lowest BCUT2D eigenvalue weighted by atomic mass is 10.1. The van der Waals surface area contributed by atoms with Gasteiger partial charge < -0.3 is 15.4 Å². The molecule has 5 nitrogen and oxygen atoms in total. The quantitative estimate of drug-likeness (QED) is 0.890. The standard InChI is InChI=1S/C18H20N2O3/c1-12-8-13(2)10-17(9-12)23-11-18(22)20-16-6-4-15(5-7-16)19-14(3)21/h4-10H,11H2,1-3H3,(H,19,21)(H,20,22). The van der Waals surface area contributed by atoms with Crippen molar-refractivity contribution in [3.8, 4) is 5.75 Å². The van der Waals surface area contributed by atoms with Crippen LogP contribution < -0.4 is 15.4 Å². The number of aryl methyl sites for hydroxylation is 2. The Kier molecular flexibility index (Phi) is 5.36.